The molecule has 0 aliphatic heterocycles. The van der Waals surface area contributed by atoms with Crippen LogP contribution in [0.1, 0.15) is 117 Å². The fourth-order valence-electron chi connectivity index (χ4n) is 3.76. The Labute approximate surface area is 221 Å². The molecule has 0 aromatic heterocycles. The SMILES string of the molecule is CCCCC/C=C\C/C=C\CCCCCCCCC(=O)OCCCOC(=O)OCCCN(CC)CC. The number of rotatable bonds is 25. The number of ether oxygens (including phenoxy) is 3. The van der Waals surface area contributed by atoms with Gasteiger partial charge in [-0.3, -0.25) is 4.79 Å². The Balaban J connectivity index is 3.39. The van der Waals surface area contributed by atoms with Crippen LogP contribution in [-0.4, -0.2) is 56.5 Å². The average Bonchev–Trinajstić information content (AvgIpc) is 2.88. The molecule has 0 aliphatic carbocycles. The highest BCUT2D eigenvalue weighted by Gasteiger charge is 2.06. The molecule has 0 fully saturated rings. The second-order valence-corrected chi connectivity index (χ2v) is 9.24. The van der Waals surface area contributed by atoms with E-state index in [-0.39, 0.29) is 19.2 Å². The molecule has 0 spiro atoms. The Morgan fingerprint density at radius 1 is 0.611 bits per heavy atom. The van der Waals surface area contributed by atoms with Gasteiger partial charge in [-0.25, -0.2) is 4.79 Å². The van der Waals surface area contributed by atoms with Crippen molar-refractivity contribution in [2.45, 2.75) is 117 Å². The van der Waals surface area contributed by atoms with E-state index < -0.39 is 6.16 Å². The maximum absolute atomic E-state index is 11.8. The van der Waals surface area contributed by atoms with Crippen LogP contribution in [-0.2, 0) is 19.0 Å². The number of hydrogen-bond donors (Lipinski definition) is 0. The van der Waals surface area contributed by atoms with Gasteiger partial charge < -0.3 is 19.1 Å². The van der Waals surface area contributed by atoms with Crippen LogP contribution in [0, 0.1) is 0 Å². The lowest BCUT2D eigenvalue weighted by Gasteiger charge is -2.17. The summed E-state index contributed by atoms with van der Waals surface area (Å²) in [6, 6.07) is 0. The highest BCUT2D eigenvalue weighted by molar-refractivity contribution is 5.69. The van der Waals surface area contributed by atoms with E-state index in [1.54, 1.807) is 0 Å². The number of unbranched alkanes of at least 4 members (excludes halogenated alkanes) is 9. The van der Waals surface area contributed by atoms with E-state index in [1.807, 2.05) is 0 Å². The molecule has 0 aromatic rings. The van der Waals surface area contributed by atoms with Crippen molar-refractivity contribution in [1.82, 2.24) is 4.90 Å². The van der Waals surface area contributed by atoms with E-state index in [0.29, 0.717) is 19.4 Å². The summed E-state index contributed by atoms with van der Waals surface area (Å²) in [5, 5.41) is 0. The minimum Gasteiger partial charge on any atom is -0.466 e. The summed E-state index contributed by atoms with van der Waals surface area (Å²) in [5.74, 6) is -0.168. The molecule has 0 atom stereocenters. The number of hydrogen-bond acceptors (Lipinski definition) is 6. The van der Waals surface area contributed by atoms with Crippen molar-refractivity contribution in [3.8, 4) is 0 Å². The second kappa shape index (κ2) is 27.8. The molecule has 36 heavy (non-hydrogen) atoms. The van der Waals surface area contributed by atoms with Crippen LogP contribution in [0.15, 0.2) is 24.3 Å². The summed E-state index contributed by atoms with van der Waals surface area (Å²) in [7, 11) is 0. The van der Waals surface area contributed by atoms with E-state index in [2.05, 4.69) is 50.0 Å². The van der Waals surface area contributed by atoms with Gasteiger partial charge in [0.2, 0.25) is 0 Å². The van der Waals surface area contributed by atoms with Crippen molar-refractivity contribution in [1.29, 1.82) is 0 Å². The van der Waals surface area contributed by atoms with Crippen LogP contribution in [0.2, 0.25) is 0 Å². The number of esters is 1. The van der Waals surface area contributed by atoms with Gasteiger partial charge in [-0.15, -0.1) is 0 Å². The highest BCUT2D eigenvalue weighted by Crippen LogP contribution is 2.10. The Morgan fingerprint density at radius 3 is 1.81 bits per heavy atom. The zero-order chi connectivity index (χ0) is 26.5. The van der Waals surface area contributed by atoms with Crippen molar-refractivity contribution in [2.24, 2.45) is 0 Å². The third-order valence-electron chi connectivity index (χ3n) is 6.09. The fourth-order valence-corrected chi connectivity index (χ4v) is 3.76. The van der Waals surface area contributed by atoms with Crippen LogP contribution in [0.4, 0.5) is 4.79 Å². The van der Waals surface area contributed by atoms with Gasteiger partial charge in [0.1, 0.15) is 0 Å². The van der Waals surface area contributed by atoms with E-state index >= 15 is 0 Å². The maximum Gasteiger partial charge on any atom is 0.508 e. The largest absolute Gasteiger partial charge is 0.508 e. The molecule has 0 bridgehead atoms. The molecule has 0 unspecified atom stereocenters. The molecule has 0 aromatic carbocycles. The minimum absolute atomic E-state index is 0.168. The van der Waals surface area contributed by atoms with Crippen LogP contribution in [0.5, 0.6) is 0 Å². The number of carbonyl (C=O) groups excluding carboxylic acids is 2. The molecule has 6 nitrogen and oxygen atoms in total. The van der Waals surface area contributed by atoms with E-state index in [1.165, 1.54) is 51.4 Å². The van der Waals surface area contributed by atoms with Gasteiger partial charge in [-0.05, 0) is 58.0 Å². The summed E-state index contributed by atoms with van der Waals surface area (Å²) in [4.78, 5) is 25.6. The summed E-state index contributed by atoms with van der Waals surface area (Å²) >= 11 is 0. The Kier molecular flexibility index (Phi) is 26.4. The first-order valence-electron chi connectivity index (χ1n) is 14.6. The van der Waals surface area contributed by atoms with Crippen molar-refractivity contribution in [2.75, 3.05) is 39.5 Å². The van der Waals surface area contributed by atoms with E-state index in [9.17, 15) is 9.59 Å². The van der Waals surface area contributed by atoms with Gasteiger partial charge in [0, 0.05) is 19.4 Å². The van der Waals surface area contributed by atoms with Gasteiger partial charge in [0.25, 0.3) is 0 Å². The minimum atomic E-state index is -0.651. The highest BCUT2D eigenvalue weighted by atomic mass is 16.7. The molecule has 210 valence electrons. The molecule has 0 rings (SSSR count). The summed E-state index contributed by atoms with van der Waals surface area (Å²) in [5.41, 5.74) is 0. The van der Waals surface area contributed by atoms with Crippen molar-refractivity contribution < 1.29 is 23.8 Å². The van der Waals surface area contributed by atoms with Crippen molar-refractivity contribution >= 4 is 12.1 Å². The first-order chi connectivity index (χ1) is 17.6. The van der Waals surface area contributed by atoms with E-state index in [4.69, 9.17) is 14.2 Å². The predicted molar refractivity (Wildman–Crippen MR) is 149 cm³/mol. The molecular formula is C30H55NO5. The maximum atomic E-state index is 11.8. The lowest BCUT2D eigenvalue weighted by Crippen LogP contribution is -2.25. The molecular weight excluding hydrogens is 454 g/mol. The lowest BCUT2D eigenvalue weighted by atomic mass is 10.1. The smallest absolute Gasteiger partial charge is 0.466 e. The molecule has 0 radical (unpaired) electrons. The van der Waals surface area contributed by atoms with Gasteiger partial charge in [0.05, 0.1) is 19.8 Å². The van der Waals surface area contributed by atoms with Crippen molar-refractivity contribution in [3.63, 3.8) is 0 Å². The fraction of sp³-hybridized carbons (Fsp3) is 0.800. The summed E-state index contributed by atoms with van der Waals surface area (Å²) in [6.07, 6.45) is 24.4. The normalized spacial score (nSPS) is 11.6. The summed E-state index contributed by atoms with van der Waals surface area (Å²) < 4.78 is 15.3. The third kappa shape index (κ3) is 25.3. The third-order valence-corrected chi connectivity index (χ3v) is 6.09. The molecule has 6 heteroatoms. The standard InChI is InChI=1S/C30H55NO5/c1-4-7-8-9-10-11-12-13-14-15-16-17-18-19-20-21-24-29(32)34-27-23-28-36-30(33)35-26-22-25-31(5-2)6-3/h10-11,13-14H,4-9,12,15-28H2,1-3H3/b11-10-,14-13-. The summed E-state index contributed by atoms with van der Waals surface area (Å²) in [6.45, 7) is 10.2. The molecule has 0 saturated carbocycles. The molecule has 0 heterocycles. The van der Waals surface area contributed by atoms with Gasteiger partial charge in [-0.2, -0.15) is 0 Å². The monoisotopic (exact) mass is 509 g/mol. The Hall–Kier alpha value is -1.82. The zero-order valence-electron chi connectivity index (χ0n) is 23.6. The Bertz CT molecular complexity index is 558. The van der Waals surface area contributed by atoms with Crippen LogP contribution < -0.4 is 0 Å². The van der Waals surface area contributed by atoms with Crippen molar-refractivity contribution in [3.05, 3.63) is 24.3 Å². The van der Waals surface area contributed by atoms with Crippen LogP contribution in [0.25, 0.3) is 0 Å². The first-order valence-corrected chi connectivity index (χ1v) is 14.6. The first kappa shape index (κ1) is 34.2. The van der Waals surface area contributed by atoms with Gasteiger partial charge in [-0.1, -0.05) is 83.6 Å². The number of nitrogens with zero attached hydrogens (tertiary/aromatic N) is 1. The van der Waals surface area contributed by atoms with Crippen LogP contribution in [0.3, 0.4) is 0 Å². The second-order valence-electron chi connectivity index (χ2n) is 9.24. The molecule has 0 saturated heterocycles. The predicted octanol–water partition coefficient (Wildman–Crippen LogP) is 8.01. The number of allylic oxidation sites excluding steroid dienone is 4. The lowest BCUT2D eigenvalue weighted by molar-refractivity contribution is -0.144. The van der Waals surface area contributed by atoms with Gasteiger partial charge >= 0.3 is 12.1 Å². The molecule has 0 amide bonds. The number of carbonyl (C=O) groups is 2. The average molecular weight is 510 g/mol. The topological polar surface area (TPSA) is 65.1 Å². The quantitative estimate of drug-likeness (QED) is 0.0705. The van der Waals surface area contributed by atoms with E-state index in [0.717, 1.165) is 51.7 Å². The zero-order valence-corrected chi connectivity index (χ0v) is 23.6. The Morgan fingerprint density at radius 2 is 1.17 bits per heavy atom. The van der Waals surface area contributed by atoms with Gasteiger partial charge in [0.15, 0.2) is 0 Å². The molecule has 0 aliphatic rings. The molecule has 0 N–H and O–H groups in total. The van der Waals surface area contributed by atoms with Crippen LogP contribution >= 0.6 is 0 Å².